The summed E-state index contributed by atoms with van der Waals surface area (Å²) in [5.41, 5.74) is 1.66. The van der Waals surface area contributed by atoms with Crippen LogP contribution in [-0.2, 0) is 11.3 Å². The first kappa shape index (κ1) is 19.6. The van der Waals surface area contributed by atoms with Crippen molar-refractivity contribution in [2.45, 2.75) is 13.5 Å². The molecule has 7 heteroatoms. The van der Waals surface area contributed by atoms with Crippen molar-refractivity contribution < 1.29 is 9.21 Å². The molecule has 0 aliphatic heterocycles. The summed E-state index contributed by atoms with van der Waals surface area (Å²) in [5, 5.41) is 3.42. The molecule has 0 radical (unpaired) electrons. The van der Waals surface area contributed by atoms with Gasteiger partial charge in [0.25, 0.3) is 0 Å². The highest BCUT2D eigenvalue weighted by Crippen LogP contribution is 2.26. The van der Waals surface area contributed by atoms with E-state index in [1.165, 1.54) is 4.57 Å². The van der Waals surface area contributed by atoms with Gasteiger partial charge in [-0.05, 0) is 48.9 Å². The minimum absolute atomic E-state index is 0.0259. The van der Waals surface area contributed by atoms with Crippen molar-refractivity contribution in [1.82, 2.24) is 9.13 Å². The second kappa shape index (κ2) is 7.70. The number of aromatic nitrogens is 2. The standard InChI is InChI=1S/C25H19N3O4/c1-16-8-7-9-17(14-16)26-21(29)15-27-22-19-12-5-6-13-20(19)32-23(22)24(30)28(25(27)31)18-10-3-2-4-11-18/h2-14H,15H2,1H3,(H,26,29). The molecule has 0 aliphatic rings. The number of amides is 1. The number of anilines is 1. The first-order chi connectivity index (χ1) is 15.5. The summed E-state index contributed by atoms with van der Waals surface area (Å²) in [6, 6.07) is 23.0. The zero-order valence-electron chi connectivity index (χ0n) is 17.2. The smallest absolute Gasteiger partial charge is 0.336 e. The van der Waals surface area contributed by atoms with Crippen LogP contribution < -0.4 is 16.6 Å². The van der Waals surface area contributed by atoms with Gasteiger partial charge in [-0.15, -0.1) is 0 Å². The zero-order valence-corrected chi connectivity index (χ0v) is 17.2. The molecule has 7 nitrogen and oxygen atoms in total. The van der Waals surface area contributed by atoms with Crippen molar-refractivity contribution in [3.05, 3.63) is 105 Å². The molecule has 5 aromatic rings. The van der Waals surface area contributed by atoms with E-state index < -0.39 is 11.2 Å². The molecule has 5 rings (SSSR count). The number of furan rings is 1. The van der Waals surface area contributed by atoms with Crippen LogP contribution in [0.3, 0.4) is 0 Å². The van der Waals surface area contributed by atoms with Gasteiger partial charge in [-0.3, -0.25) is 14.2 Å². The lowest BCUT2D eigenvalue weighted by molar-refractivity contribution is -0.116. The highest BCUT2D eigenvalue weighted by molar-refractivity contribution is 6.03. The van der Waals surface area contributed by atoms with Gasteiger partial charge < -0.3 is 9.73 Å². The molecular weight excluding hydrogens is 406 g/mol. The highest BCUT2D eigenvalue weighted by atomic mass is 16.3. The van der Waals surface area contributed by atoms with Gasteiger partial charge >= 0.3 is 11.2 Å². The molecule has 0 fully saturated rings. The zero-order chi connectivity index (χ0) is 22.2. The van der Waals surface area contributed by atoms with Gasteiger partial charge in [-0.25, -0.2) is 9.36 Å². The third-order valence-corrected chi connectivity index (χ3v) is 5.28. The van der Waals surface area contributed by atoms with Crippen molar-refractivity contribution in [2.24, 2.45) is 0 Å². The van der Waals surface area contributed by atoms with Crippen LogP contribution in [0.25, 0.3) is 27.8 Å². The topological polar surface area (TPSA) is 86.2 Å². The van der Waals surface area contributed by atoms with Crippen LogP contribution in [0, 0.1) is 6.92 Å². The van der Waals surface area contributed by atoms with Crippen LogP contribution >= 0.6 is 0 Å². The van der Waals surface area contributed by atoms with Crippen molar-refractivity contribution in [2.75, 3.05) is 5.32 Å². The Bertz CT molecular complexity index is 1590. The maximum atomic E-state index is 13.5. The molecule has 2 heterocycles. The molecule has 158 valence electrons. The Hall–Kier alpha value is -4.39. The molecule has 32 heavy (non-hydrogen) atoms. The van der Waals surface area contributed by atoms with Crippen molar-refractivity contribution in [3.8, 4) is 5.69 Å². The van der Waals surface area contributed by atoms with Crippen LogP contribution in [0.5, 0.6) is 0 Å². The van der Waals surface area contributed by atoms with E-state index in [0.29, 0.717) is 27.9 Å². The molecule has 2 aromatic heterocycles. The molecule has 0 atom stereocenters. The first-order valence-electron chi connectivity index (χ1n) is 10.1. The summed E-state index contributed by atoms with van der Waals surface area (Å²) in [6.07, 6.45) is 0. The van der Waals surface area contributed by atoms with E-state index in [1.807, 2.05) is 25.1 Å². The monoisotopic (exact) mass is 425 g/mol. The number of carbonyl (C=O) groups excluding carboxylic acids is 1. The normalized spacial score (nSPS) is 11.2. The van der Waals surface area contributed by atoms with E-state index in [2.05, 4.69) is 5.32 Å². The second-order valence-corrected chi connectivity index (χ2v) is 7.54. The fraction of sp³-hybridized carbons (Fsp3) is 0.0800. The summed E-state index contributed by atoms with van der Waals surface area (Å²) in [5.74, 6) is -0.387. The quantitative estimate of drug-likeness (QED) is 0.474. The van der Waals surface area contributed by atoms with Crippen LogP contribution in [-0.4, -0.2) is 15.0 Å². The molecule has 1 amide bonds. The van der Waals surface area contributed by atoms with Crippen LogP contribution in [0.1, 0.15) is 5.56 Å². The predicted octanol–water partition coefficient (Wildman–Crippen LogP) is 3.85. The van der Waals surface area contributed by atoms with Gasteiger partial charge in [0.1, 0.15) is 17.6 Å². The number of hydrogen-bond donors (Lipinski definition) is 1. The average molecular weight is 425 g/mol. The van der Waals surface area contributed by atoms with E-state index >= 15 is 0 Å². The van der Waals surface area contributed by atoms with E-state index in [0.717, 1.165) is 10.1 Å². The maximum absolute atomic E-state index is 13.5. The Morgan fingerprint density at radius 3 is 2.47 bits per heavy atom. The largest absolute Gasteiger partial charge is 0.449 e. The van der Waals surface area contributed by atoms with Gasteiger partial charge in [-0.2, -0.15) is 0 Å². The van der Waals surface area contributed by atoms with Gasteiger partial charge in [0.15, 0.2) is 0 Å². The summed E-state index contributed by atoms with van der Waals surface area (Å²) in [6.45, 7) is 1.65. The van der Waals surface area contributed by atoms with Crippen LogP contribution in [0.4, 0.5) is 5.69 Å². The minimum Gasteiger partial charge on any atom is -0.449 e. The molecule has 0 bridgehead atoms. The number of aryl methyl sites for hydroxylation is 1. The lowest BCUT2D eigenvalue weighted by Gasteiger charge is -2.12. The van der Waals surface area contributed by atoms with Gasteiger partial charge in [0, 0.05) is 11.1 Å². The van der Waals surface area contributed by atoms with E-state index in [9.17, 15) is 14.4 Å². The number of carbonyl (C=O) groups is 1. The molecule has 3 aromatic carbocycles. The van der Waals surface area contributed by atoms with Gasteiger partial charge in [-0.1, -0.05) is 42.5 Å². The highest BCUT2D eigenvalue weighted by Gasteiger charge is 2.22. The lowest BCUT2D eigenvalue weighted by atomic mass is 10.2. The van der Waals surface area contributed by atoms with Crippen LogP contribution in [0.15, 0.2) is 92.9 Å². The second-order valence-electron chi connectivity index (χ2n) is 7.54. The Labute approximate surface area is 182 Å². The fourth-order valence-corrected chi connectivity index (χ4v) is 3.87. The van der Waals surface area contributed by atoms with E-state index in [1.54, 1.807) is 60.7 Å². The van der Waals surface area contributed by atoms with E-state index in [4.69, 9.17) is 4.42 Å². The number of rotatable bonds is 4. The number of para-hydroxylation sites is 2. The SMILES string of the molecule is Cc1cccc(NC(=O)Cn2c(=O)n(-c3ccccc3)c(=O)c3oc4ccccc4c32)c1. The van der Waals surface area contributed by atoms with Gasteiger partial charge in [0.05, 0.1) is 5.69 Å². The summed E-state index contributed by atoms with van der Waals surface area (Å²) in [4.78, 5) is 39.6. The van der Waals surface area contributed by atoms with Crippen molar-refractivity contribution >= 4 is 33.7 Å². The van der Waals surface area contributed by atoms with E-state index in [-0.39, 0.29) is 18.0 Å². The Kier molecular flexibility index (Phi) is 4.71. The van der Waals surface area contributed by atoms with Gasteiger partial charge in [0.2, 0.25) is 11.5 Å². The third-order valence-electron chi connectivity index (χ3n) is 5.28. The van der Waals surface area contributed by atoms with Crippen molar-refractivity contribution in [1.29, 1.82) is 0 Å². The maximum Gasteiger partial charge on any atom is 0.336 e. The van der Waals surface area contributed by atoms with Crippen molar-refractivity contribution in [3.63, 3.8) is 0 Å². The predicted molar refractivity (Wildman–Crippen MR) is 123 cm³/mol. The fourth-order valence-electron chi connectivity index (χ4n) is 3.87. The summed E-state index contributed by atoms with van der Waals surface area (Å²) < 4.78 is 8.16. The number of hydrogen-bond acceptors (Lipinski definition) is 4. The molecule has 0 saturated heterocycles. The number of nitrogens with zero attached hydrogens (tertiary/aromatic N) is 2. The Morgan fingerprint density at radius 2 is 1.69 bits per heavy atom. The van der Waals surface area contributed by atoms with Crippen LogP contribution in [0.2, 0.25) is 0 Å². The third kappa shape index (κ3) is 3.30. The summed E-state index contributed by atoms with van der Waals surface area (Å²) >= 11 is 0. The number of fused-ring (bicyclic) bond motifs is 3. The molecule has 1 N–H and O–H groups in total. The minimum atomic E-state index is -0.611. The molecule has 0 aliphatic carbocycles. The molecule has 0 saturated carbocycles. The number of benzene rings is 3. The molecule has 0 spiro atoms. The Morgan fingerprint density at radius 1 is 0.938 bits per heavy atom. The molecular formula is C25H19N3O4. The average Bonchev–Trinajstić information content (AvgIpc) is 3.17. The molecule has 0 unspecified atom stereocenters. The summed E-state index contributed by atoms with van der Waals surface area (Å²) in [7, 11) is 0. The lowest BCUT2D eigenvalue weighted by Crippen LogP contribution is -2.40. The first-order valence-corrected chi connectivity index (χ1v) is 10.1. The Balaban J connectivity index is 1.72. The number of nitrogens with one attached hydrogen (secondary N) is 1.